The van der Waals surface area contributed by atoms with Gasteiger partial charge in [-0.05, 0) is 35.9 Å². The Morgan fingerprint density at radius 1 is 1.07 bits per heavy atom. The first-order valence-electron chi connectivity index (χ1n) is 8.48. The third-order valence-electron chi connectivity index (χ3n) is 4.02. The van der Waals surface area contributed by atoms with Crippen molar-refractivity contribution in [2.45, 2.75) is 13.0 Å². The number of nitrogens with zero attached hydrogens (tertiary/aromatic N) is 1. The third-order valence-corrected chi connectivity index (χ3v) is 4.02. The molecule has 0 atom stereocenters. The number of methoxy groups -OCH3 is 1. The SMILES string of the molecule is COc1cc(NC(=O)Cc2ccccc2OC(F)F)ccc1-c1ccncc1. The molecule has 2 aromatic carbocycles. The van der Waals surface area contributed by atoms with Crippen LogP contribution in [-0.2, 0) is 11.2 Å². The van der Waals surface area contributed by atoms with E-state index in [1.807, 2.05) is 18.2 Å². The van der Waals surface area contributed by atoms with Gasteiger partial charge in [0.15, 0.2) is 0 Å². The minimum Gasteiger partial charge on any atom is -0.496 e. The van der Waals surface area contributed by atoms with Crippen LogP contribution in [0.25, 0.3) is 11.1 Å². The van der Waals surface area contributed by atoms with Crippen molar-refractivity contribution >= 4 is 11.6 Å². The number of benzene rings is 2. The summed E-state index contributed by atoms with van der Waals surface area (Å²) in [6.07, 6.45) is 3.27. The minimum absolute atomic E-state index is 0.0155. The first-order valence-corrected chi connectivity index (χ1v) is 8.48. The highest BCUT2D eigenvalue weighted by Crippen LogP contribution is 2.32. The Bertz CT molecular complexity index is 949. The van der Waals surface area contributed by atoms with Crippen LogP contribution in [0.2, 0.25) is 0 Å². The number of halogens is 2. The first-order chi connectivity index (χ1) is 13.6. The third kappa shape index (κ3) is 4.82. The van der Waals surface area contributed by atoms with Crippen molar-refractivity contribution in [3.05, 3.63) is 72.6 Å². The Morgan fingerprint density at radius 2 is 1.82 bits per heavy atom. The molecule has 0 aliphatic carbocycles. The molecule has 28 heavy (non-hydrogen) atoms. The van der Waals surface area contributed by atoms with E-state index < -0.39 is 6.61 Å². The van der Waals surface area contributed by atoms with E-state index in [9.17, 15) is 13.6 Å². The normalized spacial score (nSPS) is 10.6. The number of hydrogen-bond acceptors (Lipinski definition) is 4. The number of hydrogen-bond donors (Lipinski definition) is 1. The average Bonchev–Trinajstić information content (AvgIpc) is 2.69. The van der Waals surface area contributed by atoms with E-state index in [4.69, 9.17) is 4.74 Å². The van der Waals surface area contributed by atoms with E-state index in [1.54, 1.807) is 49.8 Å². The van der Waals surface area contributed by atoms with Crippen molar-refractivity contribution < 1.29 is 23.0 Å². The van der Waals surface area contributed by atoms with Crippen LogP contribution < -0.4 is 14.8 Å². The zero-order valence-electron chi connectivity index (χ0n) is 15.1. The van der Waals surface area contributed by atoms with Crippen molar-refractivity contribution in [2.75, 3.05) is 12.4 Å². The number of aromatic nitrogens is 1. The maximum Gasteiger partial charge on any atom is 0.387 e. The van der Waals surface area contributed by atoms with Crippen molar-refractivity contribution in [3.8, 4) is 22.6 Å². The Balaban J connectivity index is 1.75. The summed E-state index contributed by atoms with van der Waals surface area (Å²) in [4.78, 5) is 16.4. The lowest BCUT2D eigenvalue weighted by molar-refractivity contribution is -0.115. The standard InChI is InChI=1S/C21H18F2N2O3/c1-27-19-13-16(6-7-17(19)14-8-10-24-11-9-14)25-20(26)12-15-4-2-3-5-18(15)28-21(22)23/h2-11,13,21H,12H2,1H3,(H,25,26). The van der Waals surface area contributed by atoms with Crippen LogP contribution in [0.4, 0.5) is 14.5 Å². The number of ether oxygens (including phenoxy) is 2. The number of anilines is 1. The summed E-state index contributed by atoms with van der Waals surface area (Å²) in [6.45, 7) is -2.95. The van der Waals surface area contributed by atoms with Gasteiger partial charge in [-0.2, -0.15) is 8.78 Å². The van der Waals surface area contributed by atoms with Crippen molar-refractivity contribution in [2.24, 2.45) is 0 Å². The molecule has 3 aromatic rings. The predicted molar refractivity (Wildman–Crippen MR) is 102 cm³/mol. The topological polar surface area (TPSA) is 60.5 Å². The summed E-state index contributed by atoms with van der Waals surface area (Å²) >= 11 is 0. The van der Waals surface area contributed by atoms with Crippen molar-refractivity contribution in [1.29, 1.82) is 0 Å². The highest BCUT2D eigenvalue weighted by molar-refractivity contribution is 5.93. The van der Waals surface area contributed by atoms with E-state index in [-0.39, 0.29) is 18.1 Å². The summed E-state index contributed by atoms with van der Waals surface area (Å²) in [5.41, 5.74) is 2.70. The number of carbonyl (C=O) groups is 1. The van der Waals surface area contributed by atoms with Gasteiger partial charge in [-0.15, -0.1) is 0 Å². The molecule has 0 bridgehead atoms. The van der Waals surface area contributed by atoms with Crippen LogP contribution in [0.15, 0.2) is 67.0 Å². The second-order valence-electron chi connectivity index (χ2n) is 5.86. The fourth-order valence-electron chi connectivity index (χ4n) is 2.78. The molecule has 0 fully saturated rings. The first kappa shape index (κ1) is 19.3. The molecule has 0 aliphatic heterocycles. The molecular formula is C21H18F2N2O3. The van der Waals surface area contributed by atoms with E-state index in [0.29, 0.717) is 17.0 Å². The molecule has 1 heterocycles. The van der Waals surface area contributed by atoms with Gasteiger partial charge in [0, 0.05) is 35.3 Å². The van der Waals surface area contributed by atoms with Gasteiger partial charge in [-0.3, -0.25) is 9.78 Å². The number of nitrogens with one attached hydrogen (secondary N) is 1. The van der Waals surface area contributed by atoms with E-state index in [1.165, 1.54) is 6.07 Å². The van der Waals surface area contributed by atoms with Gasteiger partial charge in [0.05, 0.1) is 13.5 Å². The molecule has 1 N–H and O–H groups in total. The van der Waals surface area contributed by atoms with Gasteiger partial charge in [0.1, 0.15) is 11.5 Å². The molecule has 0 saturated carbocycles. The van der Waals surface area contributed by atoms with Crippen molar-refractivity contribution in [3.63, 3.8) is 0 Å². The molecule has 0 aliphatic rings. The Labute approximate surface area is 160 Å². The van der Waals surface area contributed by atoms with Crippen LogP contribution in [0.1, 0.15) is 5.56 Å². The highest BCUT2D eigenvalue weighted by Gasteiger charge is 2.13. The van der Waals surface area contributed by atoms with Crippen molar-refractivity contribution in [1.82, 2.24) is 4.98 Å². The lowest BCUT2D eigenvalue weighted by Crippen LogP contribution is -2.15. The zero-order valence-corrected chi connectivity index (χ0v) is 15.1. The van der Waals surface area contributed by atoms with Gasteiger partial charge in [0.2, 0.25) is 5.91 Å². The number of para-hydroxylation sites is 1. The van der Waals surface area contributed by atoms with Crippen LogP contribution in [0, 0.1) is 0 Å². The second-order valence-corrected chi connectivity index (χ2v) is 5.86. The van der Waals surface area contributed by atoms with Gasteiger partial charge in [-0.1, -0.05) is 18.2 Å². The summed E-state index contributed by atoms with van der Waals surface area (Å²) in [5.74, 6) is 0.215. The Kier molecular flexibility index (Phi) is 6.16. The molecule has 0 unspecified atom stereocenters. The molecular weight excluding hydrogens is 366 g/mol. The van der Waals surface area contributed by atoms with Gasteiger partial charge >= 0.3 is 6.61 Å². The number of carbonyl (C=O) groups excluding carboxylic acids is 1. The zero-order chi connectivity index (χ0) is 19.9. The summed E-state index contributed by atoms with van der Waals surface area (Å²) in [7, 11) is 1.55. The molecule has 0 spiro atoms. The number of rotatable bonds is 7. The average molecular weight is 384 g/mol. The molecule has 1 amide bonds. The van der Waals surface area contributed by atoms with Gasteiger partial charge < -0.3 is 14.8 Å². The summed E-state index contributed by atoms with van der Waals surface area (Å²) < 4.78 is 34.9. The Hall–Kier alpha value is -3.48. The maximum absolute atomic E-state index is 12.5. The lowest BCUT2D eigenvalue weighted by atomic mass is 10.1. The van der Waals surface area contributed by atoms with E-state index in [2.05, 4.69) is 15.0 Å². The number of pyridine rings is 1. The molecule has 1 aromatic heterocycles. The molecule has 144 valence electrons. The van der Waals surface area contributed by atoms with Gasteiger partial charge in [0.25, 0.3) is 0 Å². The molecule has 7 heteroatoms. The van der Waals surface area contributed by atoms with Gasteiger partial charge in [-0.25, -0.2) is 0 Å². The predicted octanol–water partition coefficient (Wildman–Crippen LogP) is 4.54. The minimum atomic E-state index is -2.95. The quantitative estimate of drug-likeness (QED) is 0.650. The van der Waals surface area contributed by atoms with E-state index >= 15 is 0 Å². The summed E-state index contributed by atoms with van der Waals surface area (Å²) in [5, 5.41) is 2.75. The maximum atomic E-state index is 12.5. The fraction of sp³-hybridized carbons (Fsp3) is 0.143. The van der Waals surface area contributed by atoms with Crippen LogP contribution >= 0.6 is 0 Å². The monoisotopic (exact) mass is 384 g/mol. The molecule has 0 radical (unpaired) electrons. The molecule has 5 nitrogen and oxygen atoms in total. The largest absolute Gasteiger partial charge is 0.496 e. The second kappa shape index (κ2) is 8.94. The smallest absolute Gasteiger partial charge is 0.387 e. The summed E-state index contributed by atoms with van der Waals surface area (Å²) in [6, 6.07) is 15.2. The molecule has 3 rings (SSSR count). The van der Waals surface area contributed by atoms with Crippen LogP contribution in [-0.4, -0.2) is 24.6 Å². The van der Waals surface area contributed by atoms with Crippen LogP contribution in [0.3, 0.4) is 0 Å². The highest BCUT2D eigenvalue weighted by atomic mass is 19.3. The lowest BCUT2D eigenvalue weighted by Gasteiger charge is -2.13. The number of alkyl halides is 2. The van der Waals surface area contributed by atoms with E-state index in [0.717, 1.165) is 11.1 Å². The fourth-order valence-corrected chi connectivity index (χ4v) is 2.78. The number of amides is 1. The molecule has 0 saturated heterocycles. The Morgan fingerprint density at radius 3 is 2.54 bits per heavy atom. The van der Waals surface area contributed by atoms with Crippen LogP contribution in [0.5, 0.6) is 11.5 Å².